The molecule has 0 fully saturated rings. The number of hydrogen-bond donors (Lipinski definition) is 3. The lowest BCUT2D eigenvalue weighted by Crippen LogP contribution is -2.10. The molecule has 5 nitrogen and oxygen atoms in total. The summed E-state index contributed by atoms with van der Waals surface area (Å²) in [6, 6.07) is 5.61. The van der Waals surface area contributed by atoms with Gasteiger partial charge in [0.25, 0.3) is 0 Å². The summed E-state index contributed by atoms with van der Waals surface area (Å²) in [7, 11) is 0. The Labute approximate surface area is 88.6 Å². The molecule has 0 bridgehead atoms. The molecule has 0 atom stereocenters. The van der Waals surface area contributed by atoms with Gasteiger partial charge in [0.05, 0.1) is 5.52 Å². The van der Waals surface area contributed by atoms with Crippen LogP contribution in [0.4, 0.5) is 11.8 Å². The van der Waals surface area contributed by atoms with Gasteiger partial charge in [0.15, 0.2) is 5.82 Å². The van der Waals surface area contributed by atoms with Gasteiger partial charge in [-0.3, -0.25) is 0 Å². The number of halogens is 1. The molecule has 0 spiro atoms. The van der Waals surface area contributed by atoms with E-state index < -0.39 is 0 Å². The number of hydrogen-bond acceptors (Lipinski definition) is 5. The first-order valence-corrected chi connectivity index (χ1v) is 4.69. The summed E-state index contributed by atoms with van der Waals surface area (Å²) >= 11 is 3.36. The van der Waals surface area contributed by atoms with Crippen molar-refractivity contribution in [3.63, 3.8) is 0 Å². The summed E-state index contributed by atoms with van der Waals surface area (Å²) in [6.45, 7) is 0. The molecule has 1 aromatic heterocycles. The number of fused-ring (bicyclic) bond motifs is 1. The Morgan fingerprint density at radius 2 is 2.07 bits per heavy atom. The van der Waals surface area contributed by atoms with Crippen molar-refractivity contribution in [3.8, 4) is 0 Å². The van der Waals surface area contributed by atoms with E-state index in [9.17, 15) is 0 Å². The summed E-state index contributed by atoms with van der Waals surface area (Å²) < 4.78 is 0.940. The molecule has 0 aliphatic rings. The van der Waals surface area contributed by atoms with Crippen LogP contribution in [0.2, 0.25) is 0 Å². The van der Waals surface area contributed by atoms with E-state index >= 15 is 0 Å². The van der Waals surface area contributed by atoms with E-state index in [0.29, 0.717) is 5.82 Å². The maximum atomic E-state index is 5.51. The molecular weight excluding hydrogens is 246 g/mol. The van der Waals surface area contributed by atoms with Crippen LogP contribution in [0.25, 0.3) is 10.9 Å². The van der Waals surface area contributed by atoms with Crippen LogP contribution >= 0.6 is 15.9 Å². The zero-order valence-electron chi connectivity index (χ0n) is 7.16. The molecule has 0 aliphatic heterocycles. The van der Waals surface area contributed by atoms with Crippen molar-refractivity contribution in [2.75, 3.05) is 11.2 Å². The minimum atomic E-state index is 0.202. The van der Waals surface area contributed by atoms with Gasteiger partial charge in [-0.25, -0.2) is 10.8 Å². The van der Waals surface area contributed by atoms with Gasteiger partial charge in [-0.2, -0.15) is 4.98 Å². The zero-order valence-corrected chi connectivity index (χ0v) is 8.75. The third-order valence-electron chi connectivity index (χ3n) is 1.81. The first-order chi connectivity index (χ1) is 6.70. The SMILES string of the molecule is NNc1nc(N)nc2ccc(Br)cc12. The standard InChI is InChI=1S/C8H8BrN5/c9-4-1-2-6-5(3-4)7(14-11)13-8(10)12-6/h1-3H,11H2,(H3,10,12,13,14). The lowest BCUT2D eigenvalue weighted by atomic mass is 10.2. The molecule has 2 rings (SSSR count). The van der Waals surface area contributed by atoms with Crippen molar-refractivity contribution in [3.05, 3.63) is 22.7 Å². The maximum Gasteiger partial charge on any atom is 0.222 e. The molecule has 1 aromatic carbocycles. The van der Waals surface area contributed by atoms with Crippen LogP contribution < -0.4 is 17.0 Å². The number of aromatic nitrogens is 2. The van der Waals surface area contributed by atoms with Gasteiger partial charge in [-0.15, -0.1) is 0 Å². The van der Waals surface area contributed by atoms with Gasteiger partial charge in [0.2, 0.25) is 5.95 Å². The number of nitrogens with zero attached hydrogens (tertiary/aromatic N) is 2. The Kier molecular flexibility index (Phi) is 2.22. The second-order valence-electron chi connectivity index (χ2n) is 2.74. The zero-order chi connectivity index (χ0) is 10.1. The number of hydrazine groups is 1. The van der Waals surface area contributed by atoms with Gasteiger partial charge < -0.3 is 11.2 Å². The Hall–Kier alpha value is -1.40. The number of benzene rings is 1. The topological polar surface area (TPSA) is 89.8 Å². The molecular formula is C8H8BrN5. The minimum Gasteiger partial charge on any atom is -0.368 e. The van der Waals surface area contributed by atoms with E-state index in [1.807, 2.05) is 18.2 Å². The van der Waals surface area contributed by atoms with E-state index in [4.69, 9.17) is 11.6 Å². The maximum absolute atomic E-state index is 5.51. The Bertz CT molecular complexity index is 484. The molecule has 0 saturated heterocycles. The molecule has 5 N–H and O–H groups in total. The summed E-state index contributed by atoms with van der Waals surface area (Å²) in [5.41, 5.74) is 8.75. The quantitative estimate of drug-likeness (QED) is 0.526. The van der Waals surface area contributed by atoms with Crippen LogP contribution in [0.3, 0.4) is 0 Å². The second kappa shape index (κ2) is 3.39. The Morgan fingerprint density at radius 1 is 1.29 bits per heavy atom. The van der Waals surface area contributed by atoms with E-state index in [1.165, 1.54) is 0 Å². The third kappa shape index (κ3) is 1.49. The largest absolute Gasteiger partial charge is 0.368 e. The van der Waals surface area contributed by atoms with E-state index in [1.54, 1.807) is 0 Å². The normalized spacial score (nSPS) is 10.4. The number of rotatable bonds is 1. The Balaban J connectivity index is 2.81. The van der Waals surface area contributed by atoms with Crippen LogP contribution in [0.15, 0.2) is 22.7 Å². The first kappa shape index (κ1) is 9.17. The average molecular weight is 254 g/mol. The van der Waals surface area contributed by atoms with Crippen molar-refractivity contribution in [1.82, 2.24) is 9.97 Å². The molecule has 0 radical (unpaired) electrons. The van der Waals surface area contributed by atoms with E-state index in [0.717, 1.165) is 15.4 Å². The fraction of sp³-hybridized carbons (Fsp3) is 0. The molecule has 2 aromatic rings. The monoisotopic (exact) mass is 253 g/mol. The molecule has 0 saturated carbocycles. The van der Waals surface area contributed by atoms with Crippen LogP contribution in [-0.2, 0) is 0 Å². The lowest BCUT2D eigenvalue weighted by Gasteiger charge is -2.05. The molecule has 0 amide bonds. The van der Waals surface area contributed by atoms with Gasteiger partial charge in [0.1, 0.15) is 0 Å². The van der Waals surface area contributed by atoms with Gasteiger partial charge >= 0.3 is 0 Å². The van der Waals surface area contributed by atoms with Crippen molar-refractivity contribution < 1.29 is 0 Å². The molecule has 72 valence electrons. The van der Waals surface area contributed by atoms with Crippen molar-refractivity contribution in [2.24, 2.45) is 5.84 Å². The highest BCUT2D eigenvalue weighted by Crippen LogP contribution is 2.23. The summed E-state index contributed by atoms with van der Waals surface area (Å²) in [4.78, 5) is 8.05. The Morgan fingerprint density at radius 3 is 2.79 bits per heavy atom. The smallest absolute Gasteiger partial charge is 0.222 e. The number of nitrogens with two attached hydrogens (primary N) is 2. The third-order valence-corrected chi connectivity index (χ3v) is 2.31. The van der Waals surface area contributed by atoms with E-state index in [2.05, 4.69) is 31.3 Å². The van der Waals surface area contributed by atoms with Crippen molar-refractivity contribution in [2.45, 2.75) is 0 Å². The number of nitrogen functional groups attached to an aromatic ring is 2. The molecule has 1 heterocycles. The fourth-order valence-electron chi connectivity index (χ4n) is 1.23. The highest BCUT2D eigenvalue weighted by atomic mass is 79.9. The van der Waals surface area contributed by atoms with Gasteiger partial charge in [-0.05, 0) is 18.2 Å². The van der Waals surface area contributed by atoms with Gasteiger partial charge in [-0.1, -0.05) is 15.9 Å². The highest BCUT2D eigenvalue weighted by Gasteiger charge is 2.04. The summed E-state index contributed by atoms with van der Waals surface area (Å²) in [5, 5.41) is 0.830. The van der Waals surface area contributed by atoms with Crippen molar-refractivity contribution >= 4 is 38.6 Å². The number of nitrogens with one attached hydrogen (secondary N) is 1. The average Bonchev–Trinajstić information content (AvgIpc) is 2.17. The first-order valence-electron chi connectivity index (χ1n) is 3.90. The predicted molar refractivity (Wildman–Crippen MR) is 59.5 cm³/mol. The second-order valence-corrected chi connectivity index (χ2v) is 3.65. The fourth-order valence-corrected chi connectivity index (χ4v) is 1.59. The van der Waals surface area contributed by atoms with Crippen molar-refractivity contribution in [1.29, 1.82) is 0 Å². The predicted octanol–water partition coefficient (Wildman–Crippen LogP) is 1.26. The van der Waals surface area contributed by atoms with E-state index in [-0.39, 0.29) is 5.95 Å². The number of anilines is 2. The van der Waals surface area contributed by atoms with Crippen LogP contribution in [0, 0.1) is 0 Å². The molecule has 14 heavy (non-hydrogen) atoms. The van der Waals surface area contributed by atoms with Crippen LogP contribution in [-0.4, -0.2) is 9.97 Å². The molecule has 0 aliphatic carbocycles. The van der Waals surface area contributed by atoms with Crippen LogP contribution in [0.5, 0.6) is 0 Å². The van der Waals surface area contributed by atoms with Crippen LogP contribution in [0.1, 0.15) is 0 Å². The van der Waals surface area contributed by atoms with Gasteiger partial charge in [0, 0.05) is 9.86 Å². The molecule has 6 heteroatoms. The molecule has 0 unspecified atom stereocenters. The summed E-state index contributed by atoms with van der Waals surface area (Å²) in [5.74, 6) is 6.05. The minimum absolute atomic E-state index is 0.202. The highest BCUT2D eigenvalue weighted by molar-refractivity contribution is 9.10. The summed E-state index contributed by atoms with van der Waals surface area (Å²) in [6.07, 6.45) is 0. The lowest BCUT2D eigenvalue weighted by molar-refractivity contribution is 1.19.